The Kier molecular flexibility index (Phi) is 6.08. The molecule has 0 aromatic heterocycles. The lowest BCUT2D eigenvalue weighted by molar-refractivity contribution is -0.121. The molecule has 118 valence electrons. The van der Waals surface area contributed by atoms with E-state index in [-0.39, 0.29) is 24.5 Å². The minimum absolute atomic E-state index is 0.0444. The summed E-state index contributed by atoms with van der Waals surface area (Å²) in [6.07, 6.45) is 0.0444. The van der Waals surface area contributed by atoms with Crippen LogP contribution in [-0.2, 0) is 11.3 Å². The average molecular weight is 300 g/mol. The Morgan fingerprint density at radius 1 is 1.24 bits per heavy atom. The van der Waals surface area contributed by atoms with Crippen LogP contribution in [0.1, 0.15) is 32.8 Å². The number of rotatable bonds is 6. The number of carbonyl (C=O) groups is 1. The third kappa shape index (κ3) is 6.08. The third-order valence-electron chi connectivity index (χ3n) is 2.74. The normalized spacial score (nSPS) is 11.3. The average Bonchev–Trinajstić information content (AvgIpc) is 2.38. The Morgan fingerprint density at radius 2 is 1.81 bits per heavy atom. The van der Waals surface area contributed by atoms with Gasteiger partial charge in [-0.25, -0.2) is 8.78 Å². The molecular weight excluding hydrogens is 278 g/mol. The van der Waals surface area contributed by atoms with Crippen LogP contribution in [0.2, 0.25) is 0 Å². The molecule has 0 bridgehead atoms. The van der Waals surface area contributed by atoms with Crippen LogP contribution < -0.4 is 15.4 Å². The second-order valence-corrected chi connectivity index (χ2v) is 5.76. The van der Waals surface area contributed by atoms with Crippen LogP contribution in [0, 0.1) is 11.6 Å². The molecule has 0 fully saturated rings. The largest absolute Gasteiger partial charge is 0.487 e. The van der Waals surface area contributed by atoms with Gasteiger partial charge in [0, 0.05) is 19.1 Å². The zero-order valence-corrected chi connectivity index (χ0v) is 12.8. The summed E-state index contributed by atoms with van der Waals surface area (Å²) in [7, 11) is 1.49. The van der Waals surface area contributed by atoms with E-state index in [1.165, 1.54) is 19.2 Å². The highest BCUT2D eigenvalue weighted by Crippen LogP contribution is 2.23. The minimum atomic E-state index is -0.766. The molecule has 6 heteroatoms. The van der Waals surface area contributed by atoms with Gasteiger partial charge in [0.1, 0.15) is 0 Å². The number of carbonyl (C=O) groups excluding carboxylic acids is 1. The lowest BCUT2D eigenvalue weighted by Gasteiger charge is -2.20. The first kappa shape index (κ1) is 17.4. The molecule has 0 spiro atoms. The van der Waals surface area contributed by atoms with Crippen molar-refractivity contribution in [2.24, 2.45) is 0 Å². The lowest BCUT2D eigenvalue weighted by atomic mass is 10.1. The number of nitrogens with one attached hydrogen (secondary N) is 2. The quantitative estimate of drug-likeness (QED) is 0.848. The van der Waals surface area contributed by atoms with Crippen molar-refractivity contribution in [3.05, 3.63) is 29.3 Å². The van der Waals surface area contributed by atoms with Crippen molar-refractivity contribution in [1.29, 1.82) is 0 Å². The molecule has 2 N–H and O–H groups in total. The maximum Gasteiger partial charge on any atom is 0.223 e. The Hall–Kier alpha value is -1.69. The second-order valence-electron chi connectivity index (χ2n) is 5.76. The Bertz CT molecular complexity index is 476. The first-order valence-electron chi connectivity index (χ1n) is 6.79. The van der Waals surface area contributed by atoms with E-state index in [2.05, 4.69) is 10.6 Å². The molecule has 0 aliphatic rings. The molecule has 1 amide bonds. The monoisotopic (exact) mass is 300 g/mol. The molecule has 0 aliphatic heterocycles. The third-order valence-corrected chi connectivity index (χ3v) is 2.74. The van der Waals surface area contributed by atoms with Gasteiger partial charge >= 0.3 is 0 Å². The zero-order chi connectivity index (χ0) is 16.0. The van der Waals surface area contributed by atoms with Crippen LogP contribution in [0.15, 0.2) is 12.1 Å². The molecule has 21 heavy (non-hydrogen) atoms. The van der Waals surface area contributed by atoms with Crippen molar-refractivity contribution >= 4 is 5.91 Å². The molecule has 0 heterocycles. The maximum atomic E-state index is 13.8. The van der Waals surface area contributed by atoms with E-state index in [1.54, 1.807) is 0 Å². The van der Waals surface area contributed by atoms with Crippen molar-refractivity contribution in [2.45, 2.75) is 39.3 Å². The smallest absolute Gasteiger partial charge is 0.223 e. The lowest BCUT2D eigenvalue weighted by Crippen LogP contribution is -2.35. The van der Waals surface area contributed by atoms with Gasteiger partial charge in [-0.2, -0.15) is 0 Å². The molecular formula is C15H22F2N2O2. The van der Waals surface area contributed by atoms with Crippen molar-refractivity contribution in [1.82, 2.24) is 10.6 Å². The van der Waals surface area contributed by atoms with Crippen molar-refractivity contribution in [2.75, 3.05) is 13.7 Å². The minimum Gasteiger partial charge on any atom is -0.487 e. The van der Waals surface area contributed by atoms with E-state index < -0.39 is 17.4 Å². The molecule has 1 aromatic rings. The van der Waals surface area contributed by atoms with E-state index in [0.717, 1.165) is 0 Å². The Labute approximate surface area is 123 Å². The molecule has 0 atom stereocenters. The van der Waals surface area contributed by atoms with Crippen LogP contribution in [0.4, 0.5) is 8.78 Å². The molecule has 4 nitrogen and oxygen atoms in total. The molecule has 1 aromatic carbocycles. The number of amides is 1. The highest BCUT2D eigenvalue weighted by atomic mass is 19.1. The summed E-state index contributed by atoms with van der Waals surface area (Å²) in [4.78, 5) is 11.0. The van der Waals surface area contributed by atoms with Gasteiger partial charge in [0.15, 0.2) is 17.4 Å². The Morgan fingerprint density at radius 3 is 2.29 bits per heavy atom. The molecule has 0 radical (unpaired) electrons. The van der Waals surface area contributed by atoms with E-state index in [0.29, 0.717) is 12.1 Å². The molecule has 0 unspecified atom stereocenters. The van der Waals surface area contributed by atoms with E-state index in [9.17, 15) is 13.6 Å². The summed E-state index contributed by atoms with van der Waals surface area (Å²) in [6.45, 7) is 6.19. The highest BCUT2D eigenvalue weighted by Gasteiger charge is 2.15. The number of ether oxygens (including phenoxy) is 1. The number of halogens is 2. The van der Waals surface area contributed by atoms with Crippen LogP contribution in [0.3, 0.4) is 0 Å². The summed E-state index contributed by atoms with van der Waals surface area (Å²) in [6, 6.07) is 2.47. The summed E-state index contributed by atoms with van der Waals surface area (Å²) < 4.78 is 32.7. The fourth-order valence-corrected chi connectivity index (χ4v) is 1.59. The van der Waals surface area contributed by atoms with Gasteiger partial charge in [-0.1, -0.05) is 0 Å². The molecule has 0 aliphatic carbocycles. The molecule has 1 rings (SSSR count). The van der Waals surface area contributed by atoms with Gasteiger partial charge in [0.25, 0.3) is 0 Å². The van der Waals surface area contributed by atoms with Gasteiger partial charge in [-0.05, 0) is 38.5 Å². The van der Waals surface area contributed by atoms with Crippen LogP contribution in [-0.4, -0.2) is 25.1 Å². The fourth-order valence-electron chi connectivity index (χ4n) is 1.59. The predicted octanol–water partition coefficient (Wildman–Crippen LogP) is 2.37. The summed E-state index contributed by atoms with van der Waals surface area (Å²) in [5, 5.41) is 5.56. The Balaban J connectivity index is 2.69. The number of benzene rings is 1. The molecule has 0 saturated carbocycles. The topological polar surface area (TPSA) is 50.4 Å². The van der Waals surface area contributed by atoms with Crippen LogP contribution in [0.25, 0.3) is 0 Å². The maximum absolute atomic E-state index is 13.8. The molecule has 0 saturated heterocycles. The standard InChI is InChI=1S/C15H22F2N2O2/c1-15(2,3)19-9-10-7-11(16)14(12(17)8-10)21-6-5-13(20)18-4/h7-8,19H,5-6,9H2,1-4H3,(H,18,20). The summed E-state index contributed by atoms with van der Waals surface area (Å²) >= 11 is 0. The number of hydrogen-bond acceptors (Lipinski definition) is 3. The van der Waals surface area contributed by atoms with Gasteiger partial charge in [-0.15, -0.1) is 0 Å². The van der Waals surface area contributed by atoms with Gasteiger partial charge in [0.2, 0.25) is 5.91 Å². The van der Waals surface area contributed by atoms with Crippen molar-refractivity contribution in [3.8, 4) is 5.75 Å². The van der Waals surface area contributed by atoms with E-state index >= 15 is 0 Å². The highest BCUT2D eigenvalue weighted by molar-refractivity contribution is 5.75. The predicted molar refractivity (Wildman–Crippen MR) is 77.1 cm³/mol. The van der Waals surface area contributed by atoms with Crippen LogP contribution in [0.5, 0.6) is 5.75 Å². The number of hydrogen-bond donors (Lipinski definition) is 2. The van der Waals surface area contributed by atoms with Crippen molar-refractivity contribution < 1.29 is 18.3 Å². The van der Waals surface area contributed by atoms with E-state index in [4.69, 9.17) is 4.74 Å². The van der Waals surface area contributed by atoms with Gasteiger partial charge in [-0.3, -0.25) is 4.79 Å². The van der Waals surface area contributed by atoms with Crippen LogP contribution >= 0.6 is 0 Å². The van der Waals surface area contributed by atoms with Gasteiger partial charge < -0.3 is 15.4 Å². The summed E-state index contributed by atoms with van der Waals surface area (Å²) in [5.41, 5.74) is 0.355. The fraction of sp³-hybridized carbons (Fsp3) is 0.533. The van der Waals surface area contributed by atoms with E-state index in [1.807, 2.05) is 20.8 Å². The first-order valence-corrected chi connectivity index (χ1v) is 6.79. The second kappa shape index (κ2) is 7.36. The summed E-state index contributed by atoms with van der Waals surface area (Å²) in [5.74, 6) is -2.23. The van der Waals surface area contributed by atoms with Gasteiger partial charge in [0.05, 0.1) is 13.0 Å². The SMILES string of the molecule is CNC(=O)CCOc1c(F)cc(CNC(C)(C)C)cc1F. The first-order chi connectivity index (χ1) is 9.73. The van der Waals surface area contributed by atoms with Crippen molar-refractivity contribution in [3.63, 3.8) is 0 Å². The zero-order valence-electron chi connectivity index (χ0n) is 12.8.